The molecule has 0 aliphatic heterocycles. The highest BCUT2D eigenvalue weighted by molar-refractivity contribution is 6.59. The van der Waals surface area contributed by atoms with Crippen LogP contribution in [-0.2, 0) is 9.53 Å². The number of amides is 2. The number of aromatic nitrogens is 1. The maximum absolute atomic E-state index is 12.7. The first kappa shape index (κ1) is 25.8. The van der Waals surface area contributed by atoms with Gasteiger partial charge in [0.1, 0.15) is 23.2 Å². The molecule has 180 valence electrons. The standard InChI is InChI=1S/C26H28BN3O5/c1-17(30(5)25(32)35-26(2,3)4)24(31)29-23-15-13-21(27(33)34)22(28-23)14-11-18-10-12-19-8-6-7-9-20(19)16-18/h6-10,12-13,15-17,33-34H,1-5H3,(H,28,29,31). The van der Waals surface area contributed by atoms with Gasteiger partial charge in [-0.25, -0.2) is 9.78 Å². The van der Waals surface area contributed by atoms with Crippen LogP contribution in [0.15, 0.2) is 54.6 Å². The number of carbonyl (C=O) groups is 2. The molecule has 3 N–H and O–H groups in total. The molecule has 1 atom stereocenters. The number of nitrogens with one attached hydrogen (secondary N) is 1. The van der Waals surface area contributed by atoms with Gasteiger partial charge in [0, 0.05) is 18.1 Å². The fourth-order valence-corrected chi connectivity index (χ4v) is 3.15. The fraction of sp³-hybridized carbons (Fsp3) is 0.269. The number of hydrogen-bond donors (Lipinski definition) is 3. The lowest BCUT2D eigenvalue weighted by molar-refractivity contribution is -0.120. The van der Waals surface area contributed by atoms with Crippen molar-refractivity contribution in [3.8, 4) is 11.8 Å². The summed E-state index contributed by atoms with van der Waals surface area (Å²) < 4.78 is 5.30. The van der Waals surface area contributed by atoms with Crippen LogP contribution in [0.2, 0.25) is 0 Å². The molecule has 0 aliphatic carbocycles. The molecule has 1 aromatic heterocycles. The number of ether oxygens (including phenoxy) is 1. The topological polar surface area (TPSA) is 112 Å². The molecule has 0 saturated carbocycles. The van der Waals surface area contributed by atoms with Gasteiger partial charge in [0.05, 0.1) is 0 Å². The first-order valence-corrected chi connectivity index (χ1v) is 11.1. The molecule has 0 bridgehead atoms. The molecular formula is C26H28BN3O5. The monoisotopic (exact) mass is 473 g/mol. The minimum Gasteiger partial charge on any atom is -0.444 e. The molecule has 0 spiro atoms. The predicted molar refractivity (Wildman–Crippen MR) is 136 cm³/mol. The van der Waals surface area contributed by atoms with Gasteiger partial charge >= 0.3 is 13.2 Å². The molecule has 0 saturated heterocycles. The number of fused-ring (bicyclic) bond motifs is 1. The van der Waals surface area contributed by atoms with Gasteiger partial charge in [-0.2, -0.15) is 0 Å². The zero-order valence-corrected chi connectivity index (χ0v) is 20.4. The summed E-state index contributed by atoms with van der Waals surface area (Å²) in [5.74, 6) is 5.53. The van der Waals surface area contributed by atoms with Crippen LogP contribution in [-0.4, -0.2) is 57.7 Å². The zero-order chi connectivity index (χ0) is 25.8. The van der Waals surface area contributed by atoms with Gasteiger partial charge in [-0.05, 0) is 62.6 Å². The molecule has 0 fully saturated rings. The van der Waals surface area contributed by atoms with Crippen LogP contribution >= 0.6 is 0 Å². The quantitative estimate of drug-likeness (QED) is 0.397. The summed E-state index contributed by atoms with van der Waals surface area (Å²) in [6, 6.07) is 15.6. The van der Waals surface area contributed by atoms with E-state index >= 15 is 0 Å². The summed E-state index contributed by atoms with van der Waals surface area (Å²) in [4.78, 5) is 30.5. The maximum Gasteiger partial charge on any atom is 0.491 e. The van der Waals surface area contributed by atoms with E-state index in [0.29, 0.717) is 0 Å². The highest BCUT2D eigenvalue weighted by Crippen LogP contribution is 2.15. The van der Waals surface area contributed by atoms with E-state index in [4.69, 9.17) is 4.74 Å². The van der Waals surface area contributed by atoms with E-state index in [-0.39, 0.29) is 17.0 Å². The Labute approximate surface area is 205 Å². The number of hydrogen-bond acceptors (Lipinski definition) is 6. The molecule has 0 radical (unpaired) electrons. The van der Waals surface area contributed by atoms with Gasteiger partial charge in [-0.1, -0.05) is 42.3 Å². The third-order valence-electron chi connectivity index (χ3n) is 5.17. The molecule has 0 aliphatic rings. The van der Waals surface area contributed by atoms with E-state index in [0.717, 1.165) is 16.3 Å². The summed E-state index contributed by atoms with van der Waals surface area (Å²) in [5.41, 5.74) is 0.253. The SMILES string of the molecule is CC(C(=O)Nc1ccc(B(O)O)c(C#Cc2ccc3ccccc3c2)n1)N(C)C(=O)OC(C)(C)C. The summed E-state index contributed by atoms with van der Waals surface area (Å²) in [5, 5.41) is 24.2. The molecule has 1 unspecified atom stereocenters. The highest BCUT2D eigenvalue weighted by Gasteiger charge is 2.27. The third kappa shape index (κ3) is 6.82. The average molecular weight is 473 g/mol. The Balaban J connectivity index is 1.82. The second kappa shape index (κ2) is 10.6. The number of nitrogens with zero attached hydrogens (tertiary/aromatic N) is 2. The molecule has 3 aromatic rings. The number of likely N-dealkylation sites (N-methyl/N-ethyl adjacent to an activating group) is 1. The van der Waals surface area contributed by atoms with Crippen molar-refractivity contribution < 1.29 is 24.4 Å². The summed E-state index contributed by atoms with van der Waals surface area (Å²) in [7, 11) is -0.317. The van der Waals surface area contributed by atoms with E-state index in [1.165, 1.54) is 24.1 Å². The minimum atomic E-state index is -1.79. The smallest absolute Gasteiger partial charge is 0.444 e. The number of rotatable bonds is 4. The average Bonchev–Trinajstić information content (AvgIpc) is 2.80. The Morgan fingerprint density at radius 3 is 2.40 bits per heavy atom. The molecule has 3 rings (SSSR count). The van der Waals surface area contributed by atoms with Gasteiger partial charge in [0.15, 0.2) is 0 Å². The number of carbonyl (C=O) groups excluding carboxylic acids is 2. The van der Waals surface area contributed by atoms with E-state index in [1.54, 1.807) is 27.7 Å². The van der Waals surface area contributed by atoms with Crippen molar-refractivity contribution in [1.29, 1.82) is 0 Å². The van der Waals surface area contributed by atoms with E-state index in [2.05, 4.69) is 22.1 Å². The maximum atomic E-state index is 12.7. The van der Waals surface area contributed by atoms with Crippen molar-refractivity contribution in [3.63, 3.8) is 0 Å². The van der Waals surface area contributed by atoms with Crippen molar-refractivity contribution in [2.75, 3.05) is 12.4 Å². The Morgan fingerprint density at radius 2 is 1.74 bits per heavy atom. The van der Waals surface area contributed by atoms with Gasteiger partial charge in [-0.3, -0.25) is 9.69 Å². The number of anilines is 1. The molecule has 2 aromatic carbocycles. The van der Waals surface area contributed by atoms with Crippen molar-refractivity contribution in [1.82, 2.24) is 9.88 Å². The van der Waals surface area contributed by atoms with Gasteiger partial charge in [-0.15, -0.1) is 0 Å². The van der Waals surface area contributed by atoms with Crippen LogP contribution in [0.25, 0.3) is 10.8 Å². The zero-order valence-electron chi connectivity index (χ0n) is 20.4. The Bertz CT molecular complexity index is 1310. The molecule has 9 heteroatoms. The van der Waals surface area contributed by atoms with Gasteiger partial charge < -0.3 is 20.1 Å². The van der Waals surface area contributed by atoms with E-state index < -0.39 is 30.8 Å². The van der Waals surface area contributed by atoms with Crippen LogP contribution < -0.4 is 10.8 Å². The molecule has 35 heavy (non-hydrogen) atoms. The van der Waals surface area contributed by atoms with Crippen molar-refractivity contribution in [2.45, 2.75) is 39.3 Å². The van der Waals surface area contributed by atoms with Crippen LogP contribution in [0, 0.1) is 11.8 Å². The molecule has 8 nitrogen and oxygen atoms in total. The molecular weight excluding hydrogens is 445 g/mol. The van der Waals surface area contributed by atoms with Crippen molar-refractivity contribution in [3.05, 3.63) is 65.9 Å². The van der Waals surface area contributed by atoms with Crippen LogP contribution in [0.3, 0.4) is 0 Å². The number of pyridine rings is 1. The first-order valence-electron chi connectivity index (χ1n) is 11.1. The molecule has 2 amide bonds. The molecule has 1 heterocycles. The predicted octanol–water partition coefficient (Wildman–Crippen LogP) is 2.51. The van der Waals surface area contributed by atoms with Crippen LogP contribution in [0.5, 0.6) is 0 Å². The van der Waals surface area contributed by atoms with Gasteiger partial charge in [0.25, 0.3) is 0 Å². The Hall–Kier alpha value is -3.87. The van der Waals surface area contributed by atoms with Crippen LogP contribution in [0.1, 0.15) is 39.0 Å². The highest BCUT2D eigenvalue weighted by atomic mass is 16.6. The van der Waals surface area contributed by atoms with Gasteiger partial charge in [0.2, 0.25) is 5.91 Å². The normalized spacial score (nSPS) is 11.7. The largest absolute Gasteiger partial charge is 0.491 e. The lowest BCUT2D eigenvalue weighted by atomic mass is 9.79. The lowest BCUT2D eigenvalue weighted by Crippen LogP contribution is -2.45. The minimum absolute atomic E-state index is 0.107. The second-order valence-corrected chi connectivity index (χ2v) is 9.08. The van der Waals surface area contributed by atoms with E-state index in [1.807, 2.05) is 42.5 Å². The number of benzene rings is 2. The summed E-state index contributed by atoms with van der Waals surface area (Å²) in [6.45, 7) is 6.78. The van der Waals surface area contributed by atoms with Crippen molar-refractivity contribution >= 4 is 41.2 Å². The van der Waals surface area contributed by atoms with Crippen LogP contribution in [0.4, 0.5) is 10.6 Å². The fourth-order valence-electron chi connectivity index (χ4n) is 3.15. The second-order valence-electron chi connectivity index (χ2n) is 9.08. The first-order chi connectivity index (χ1) is 16.4. The lowest BCUT2D eigenvalue weighted by Gasteiger charge is -2.28. The summed E-state index contributed by atoms with van der Waals surface area (Å²) in [6.07, 6.45) is -0.631. The van der Waals surface area contributed by atoms with Crippen molar-refractivity contribution in [2.24, 2.45) is 0 Å². The summed E-state index contributed by atoms with van der Waals surface area (Å²) >= 11 is 0. The van der Waals surface area contributed by atoms with E-state index in [9.17, 15) is 19.6 Å². The Kier molecular flexibility index (Phi) is 7.80. The third-order valence-corrected chi connectivity index (χ3v) is 5.17. The Morgan fingerprint density at radius 1 is 1.06 bits per heavy atom.